The van der Waals surface area contributed by atoms with Crippen molar-refractivity contribution in [1.29, 1.82) is 0 Å². The summed E-state index contributed by atoms with van der Waals surface area (Å²) in [4.78, 5) is 31.3. The van der Waals surface area contributed by atoms with Crippen molar-refractivity contribution in [2.75, 3.05) is 4.90 Å². The Morgan fingerprint density at radius 2 is 1.90 bits per heavy atom. The molecule has 3 rings (SSSR count). The summed E-state index contributed by atoms with van der Waals surface area (Å²) in [6, 6.07) is 11.0. The first-order valence-electron chi connectivity index (χ1n) is 6.06. The molecule has 0 saturated carbocycles. The number of fused-ring (bicyclic) bond motifs is 1. The van der Waals surface area contributed by atoms with E-state index < -0.39 is 5.91 Å². The number of hydrogen-bond acceptors (Lipinski definition) is 3. The lowest BCUT2D eigenvalue weighted by Gasteiger charge is -2.19. The SMILES string of the molecule is O=CC(=O)N(c1ccncc1)c1c[nH]c2ccccc12. The molecule has 1 aromatic carbocycles. The number of anilines is 2. The lowest BCUT2D eigenvalue weighted by molar-refractivity contribution is -0.129. The minimum Gasteiger partial charge on any atom is -0.359 e. The fourth-order valence-corrected chi connectivity index (χ4v) is 2.17. The van der Waals surface area contributed by atoms with Crippen LogP contribution >= 0.6 is 0 Å². The zero-order valence-electron chi connectivity index (χ0n) is 10.5. The number of nitrogens with one attached hydrogen (secondary N) is 1. The molecule has 2 aromatic heterocycles. The largest absolute Gasteiger partial charge is 0.359 e. The number of aromatic nitrogens is 2. The third-order valence-corrected chi connectivity index (χ3v) is 3.05. The lowest BCUT2D eigenvalue weighted by Crippen LogP contribution is -2.26. The Hall–Kier alpha value is -2.95. The summed E-state index contributed by atoms with van der Waals surface area (Å²) in [5, 5.41) is 0.875. The number of rotatable bonds is 3. The molecule has 0 spiro atoms. The van der Waals surface area contributed by atoms with Gasteiger partial charge < -0.3 is 4.98 Å². The Morgan fingerprint density at radius 1 is 1.15 bits per heavy atom. The number of nitrogens with zero attached hydrogens (tertiary/aromatic N) is 2. The Kier molecular flexibility index (Phi) is 3.01. The lowest BCUT2D eigenvalue weighted by atomic mass is 10.2. The average Bonchev–Trinajstić information content (AvgIpc) is 2.92. The van der Waals surface area contributed by atoms with Crippen LogP contribution in [0.1, 0.15) is 0 Å². The molecule has 0 aliphatic heterocycles. The molecule has 3 aromatic rings. The van der Waals surface area contributed by atoms with Gasteiger partial charge >= 0.3 is 0 Å². The van der Waals surface area contributed by atoms with Crippen LogP contribution in [-0.2, 0) is 9.59 Å². The topological polar surface area (TPSA) is 66.1 Å². The van der Waals surface area contributed by atoms with E-state index in [9.17, 15) is 9.59 Å². The van der Waals surface area contributed by atoms with E-state index in [4.69, 9.17) is 0 Å². The number of benzene rings is 1. The van der Waals surface area contributed by atoms with Gasteiger partial charge in [0.1, 0.15) is 0 Å². The molecule has 20 heavy (non-hydrogen) atoms. The Balaban J connectivity index is 2.20. The molecule has 5 nitrogen and oxygen atoms in total. The van der Waals surface area contributed by atoms with Crippen LogP contribution in [0.15, 0.2) is 55.0 Å². The zero-order valence-corrected chi connectivity index (χ0v) is 10.5. The Labute approximate surface area is 114 Å². The standard InChI is InChI=1S/C15H11N3O2/c19-10-15(20)18(11-5-7-16-8-6-11)14-9-17-13-4-2-1-3-12(13)14/h1-10,17H. The van der Waals surface area contributed by atoms with E-state index >= 15 is 0 Å². The third kappa shape index (κ3) is 1.95. The van der Waals surface area contributed by atoms with E-state index in [1.165, 1.54) is 4.90 Å². The highest BCUT2D eigenvalue weighted by Gasteiger charge is 2.20. The molecule has 0 atom stereocenters. The van der Waals surface area contributed by atoms with Gasteiger partial charge in [0.05, 0.1) is 11.4 Å². The molecule has 5 heteroatoms. The summed E-state index contributed by atoms with van der Waals surface area (Å²) in [5.41, 5.74) is 2.14. The van der Waals surface area contributed by atoms with Crippen LogP contribution < -0.4 is 4.90 Å². The van der Waals surface area contributed by atoms with Gasteiger partial charge in [-0.3, -0.25) is 19.5 Å². The molecule has 0 aliphatic carbocycles. The molecule has 0 radical (unpaired) electrons. The summed E-state index contributed by atoms with van der Waals surface area (Å²) in [6.45, 7) is 0. The van der Waals surface area contributed by atoms with E-state index in [2.05, 4.69) is 9.97 Å². The van der Waals surface area contributed by atoms with E-state index in [0.717, 1.165) is 10.9 Å². The van der Waals surface area contributed by atoms with Crippen LogP contribution in [-0.4, -0.2) is 22.2 Å². The molecule has 1 N–H and O–H groups in total. The molecular weight excluding hydrogens is 254 g/mol. The fourth-order valence-electron chi connectivity index (χ4n) is 2.17. The van der Waals surface area contributed by atoms with Crippen LogP contribution in [0.2, 0.25) is 0 Å². The van der Waals surface area contributed by atoms with Gasteiger partial charge in [-0.15, -0.1) is 0 Å². The van der Waals surface area contributed by atoms with Crippen LogP contribution in [0.4, 0.5) is 11.4 Å². The summed E-state index contributed by atoms with van der Waals surface area (Å²) < 4.78 is 0. The predicted octanol–water partition coefficient (Wildman–Crippen LogP) is 2.43. The monoisotopic (exact) mass is 265 g/mol. The minimum atomic E-state index is -0.624. The highest BCUT2D eigenvalue weighted by Crippen LogP contribution is 2.31. The number of hydrogen-bond donors (Lipinski definition) is 1. The fraction of sp³-hybridized carbons (Fsp3) is 0. The molecule has 0 aliphatic rings. The molecule has 0 fully saturated rings. The van der Waals surface area contributed by atoms with Crippen molar-refractivity contribution in [3.63, 3.8) is 0 Å². The number of amides is 1. The van der Waals surface area contributed by atoms with Crippen molar-refractivity contribution in [1.82, 2.24) is 9.97 Å². The van der Waals surface area contributed by atoms with Gasteiger partial charge in [-0.05, 0) is 18.2 Å². The predicted molar refractivity (Wildman–Crippen MR) is 75.7 cm³/mol. The maximum Gasteiger partial charge on any atom is 0.295 e. The number of H-pyrrole nitrogens is 1. The number of carbonyl (C=O) groups excluding carboxylic acids is 2. The molecular formula is C15H11N3O2. The van der Waals surface area contributed by atoms with Gasteiger partial charge in [0.25, 0.3) is 5.91 Å². The zero-order chi connectivity index (χ0) is 13.9. The molecule has 0 unspecified atom stereocenters. The first kappa shape index (κ1) is 12.1. The Bertz CT molecular complexity index is 765. The van der Waals surface area contributed by atoms with Gasteiger partial charge in [0, 0.05) is 29.5 Å². The van der Waals surface area contributed by atoms with Gasteiger partial charge in [-0.25, -0.2) is 0 Å². The second-order valence-electron chi connectivity index (χ2n) is 4.22. The van der Waals surface area contributed by atoms with Gasteiger partial charge in [-0.1, -0.05) is 18.2 Å². The minimum absolute atomic E-state index is 0.308. The highest BCUT2D eigenvalue weighted by molar-refractivity contribution is 6.33. The summed E-state index contributed by atoms with van der Waals surface area (Å²) in [6.07, 6.45) is 5.18. The molecule has 1 amide bonds. The molecule has 2 heterocycles. The summed E-state index contributed by atoms with van der Waals surface area (Å²) in [5.74, 6) is -0.624. The first-order chi connectivity index (χ1) is 9.81. The average molecular weight is 265 g/mol. The van der Waals surface area contributed by atoms with E-state index in [1.807, 2.05) is 24.3 Å². The second kappa shape index (κ2) is 4.97. The van der Waals surface area contributed by atoms with Crippen molar-refractivity contribution in [3.8, 4) is 0 Å². The van der Waals surface area contributed by atoms with Crippen molar-refractivity contribution < 1.29 is 9.59 Å². The molecule has 0 bridgehead atoms. The van der Waals surface area contributed by atoms with Crippen LogP contribution in [0.3, 0.4) is 0 Å². The maximum atomic E-state index is 12.0. The van der Waals surface area contributed by atoms with E-state index in [1.54, 1.807) is 30.7 Å². The molecule has 98 valence electrons. The van der Waals surface area contributed by atoms with Crippen molar-refractivity contribution in [2.45, 2.75) is 0 Å². The number of aldehydes is 1. The van der Waals surface area contributed by atoms with Crippen LogP contribution in [0.5, 0.6) is 0 Å². The summed E-state index contributed by atoms with van der Waals surface area (Å²) >= 11 is 0. The van der Waals surface area contributed by atoms with Crippen LogP contribution in [0.25, 0.3) is 10.9 Å². The normalized spacial score (nSPS) is 10.4. The maximum absolute atomic E-state index is 12.0. The van der Waals surface area contributed by atoms with Crippen molar-refractivity contribution in [3.05, 3.63) is 55.0 Å². The highest BCUT2D eigenvalue weighted by atomic mass is 16.2. The van der Waals surface area contributed by atoms with Crippen molar-refractivity contribution in [2.24, 2.45) is 0 Å². The first-order valence-corrected chi connectivity index (χ1v) is 6.06. The number of aromatic amines is 1. The van der Waals surface area contributed by atoms with Gasteiger partial charge in [0.15, 0.2) is 0 Å². The quantitative estimate of drug-likeness (QED) is 0.584. The van der Waals surface area contributed by atoms with Crippen molar-refractivity contribution >= 4 is 34.5 Å². The van der Waals surface area contributed by atoms with Gasteiger partial charge in [0.2, 0.25) is 6.29 Å². The Morgan fingerprint density at radius 3 is 2.65 bits per heavy atom. The summed E-state index contributed by atoms with van der Waals surface area (Å²) in [7, 11) is 0. The number of carbonyl (C=O) groups is 2. The van der Waals surface area contributed by atoms with Gasteiger partial charge in [-0.2, -0.15) is 0 Å². The number of pyridine rings is 1. The second-order valence-corrected chi connectivity index (χ2v) is 4.22. The van der Waals surface area contributed by atoms with E-state index in [-0.39, 0.29) is 0 Å². The van der Waals surface area contributed by atoms with Crippen LogP contribution in [0, 0.1) is 0 Å². The van der Waals surface area contributed by atoms with E-state index in [0.29, 0.717) is 17.7 Å². The number of para-hydroxylation sites is 1. The smallest absolute Gasteiger partial charge is 0.295 e. The molecule has 0 saturated heterocycles. The third-order valence-electron chi connectivity index (χ3n) is 3.05.